The van der Waals surface area contributed by atoms with Gasteiger partial charge in [-0.05, 0) is 20.9 Å². The maximum absolute atomic E-state index is 2.33. The molecule has 0 spiro atoms. The molecule has 3 atom stereocenters. The molecule has 0 bridgehead atoms. The van der Waals surface area contributed by atoms with E-state index < -0.39 is 0 Å². The summed E-state index contributed by atoms with van der Waals surface area (Å²) < 4.78 is 0. The third-order valence-corrected chi connectivity index (χ3v) is 1.89. The highest BCUT2D eigenvalue weighted by molar-refractivity contribution is 4.91. The molecule has 0 aromatic heterocycles. The van der Waals surface area contributed by atoms with Crippen LogP contribution in [0.1, 0.15) is 13.8 Å². The van der Waals surface area contributed by atoms with Crippen molar-refractivity contribution in [1.82, 2.24) is 4.90 Å². The Hall–Kier alpha value is -0.0400. The van der Waals surface area contributed by atoms with Gasteiger partial charge in [-0.3, -0.25) is 4.90 Å². The average molecular weight is 85.2 g/mol. The first-order valence-corrected chi connectivity index (χ1v) is 2.45. The van der Waals surface area contributed by atoms with Gasteiger partial charge >= 0.3 is 0 Å². The second-order valence-electron chi connectivity index (χ2n) is 2.15. The van der Waals surface area contributed by atoms with Crippen LogP contribution in [0.15, 0.2) is 0 Å². The minimum absolute atomic E-state index is 0.852. The zero-order valence-electron chi connectivity index (χ0n) is 4.60. The quantitative estimate of drug-likeness (QED) is 0.391. The number of rotatable bonds is 0. The maximum atomic E-state index is 2.33. The van der Waals surface area contributed by atoms with Crippen LogP contribution >= 0.6 is 0 Å². The first kappa shape index (κ1) is 4.13. The number of likely N-dealkylation sites (N-methyl/N-ethyl adjacent to an activating group) is 1. The maximum Gasteiger partial charge on any atom is 0.0221 e. The normalized spacial score (nSPS) is 55.5. The summed E-state index contributed by atoms with van der Waals surface area (Å²) in [4.78, 5) is 2.33. The summed E-state index contributed by atoms with van der Waals surface area (Å²) in [7, 11) is 2.15. The molecule has 1 aliphatic rings. The Morgan fingerprint density at radius 2 is 1.33 bits per heavy atom. The van der Waals surface area contributed by atoms with E-state index in [-0.39, 0.29) is 0 Å². The zero-order chi connectivity index (χ0) is 4.73. The molecule has 1 heteroatoms. The molecule has 1 nitrogen and oxygen atoms in total. The van der Waals surface area contributed by atoms with Crippen LogP contribution < -0.4 is 0 Å². The standard InChI is InChI=1S/C5H11N/c1-4-5(2)6(4)3/h4-5H,1-3H3/t4-,5?,6?/m1/s1. The van der Waals surface area contributed by atoms with Gasteiger partial charge < -0.3 is 0 Å². The van der Waals surface area contributed by atoms with Gasteiger partial charge in [0, 0.05) is 12.1 Å². The van der Waals surface area contributed by atoms with E-state index in [4.69, 9.17) is 0 Å². The van der Waals surface area contributed by atoms with Crippen LogP contribution in [-0.2, 0) is 0 Å². The molecule has 0 aromatic carbocycles. The molecule has 1 aliphatic heterocycles. The molecule has 1 saturated heterocycles. The monoisotopic (exact) mass is 85.1 g/mol. The molecule has 36 valence electrons. The van der Waals surface area contributed by atoms with Crippen LogP contribution in [0, 0.1) is 0 Å². The topological polar surface area (TPSA) is 3.01 Å². The Morgan fingerprint density at radius 3 is 1.33 bits per heavy atom. The van der Waals surface area contributed by atoms with Gasteiger partial charge in [-0.25, -0.2) is 0 Å². The van der Waals surface area contributed by atoms with Crippen LogP contribution in [0.3, 0.4) is 0 Å². The largest absolute Gasteiger partial charge is 0.298 e. The molecule has 1 rings (SSSR count). The van der Waals surface area contributed by atoms with Crippen molar-refractivity contribution in [2.24, 2.45) is 0 Å². The van der Waals surface area contributed by atoms with Gasteiger partial charge in [-0.2, -0.15) is 0 Å². The van der Waals surface area contributed by atoms with Crippen LogP contribution in [-0.4, -0.2) is 24.0 Å². The van der Waals surface area contributed by atoms with E-state index in [1.807, 2.05) is 0 Å². The van der Waals surface area contributed by atoms with Gasteiger partial charge in [-0.15, -0.1) is 0 Å². The predicted molar refractivity (Wildman–Crippen MR) is 26.7 cm³/mol. The lowest BCUT2D eigenvalue weighted by molar-refractivity contribution is 0.605. The minimum atomic E-state index is 0.852. The SMILES string of the molecule is CC1[C@@H](C)N1C. The molecule has 0 saturated carbocycles. The Bertz CT molecular complexity index is 40.7. The van der Waals surface area contributed by atoms with E-state index in [0.29, 0.717) is 0 Å². The second-order valence-corrected chi connectivity index (χ2v) is 2.15. The molecule has 1 heterocycles. The highest BCUT2D eigenvalue weighted by atomic mass is 15.3. The average Bonchev–Trinajstić information content (AvgIpc) is 1.94. The second kappa shape index (κ2) is 0.969. The molecule has 6 heavy (non-hydrogen) atoms. The van der Waals surface area contributed by atoms with Gasteiger partial charge in [0.15, 0.2) is 0 Å². The van der Waals surface area contributed by atoms with E-state index in [2.05, 4.69) is 25.8 Å². The summed E-state index contributed by atoms with van der Waals surface area (Å²) in [6, 6.07) is 1.70. The van der Waals surface area contributed by atoms with Crippen LogP contribution in [0.25, 0.3) is 0 Å². The van der Waals surface area contributed by atoms with E-state index in [0.717, 1.165) is 12.1 Å². The van der Waals surface area contributed by atoms with Crippen molar-refractivity contribution in [3.8, 4) is 0 Å². The molecule has 2 unspecified atom stereocenters. The van der Waals surface area contributed by atoms with E-state index in [9.17, 15) is 0 Å². The highest BCUT2D eigenvalue weighted by Crippen LogP contribution is 2.22. The fourth-order valence-corrected chi connectivity index (χ4v) is 0.686. The molecular formula is C5H11N. The molecule has 0 radical (unpaired) electrons. The van der Waals surface area contributed by atoms with Crippen LogP contribution in [0.4, 0.5) is 0 Å². The molecular weight excluding hydrogens is 74.1 g/mol. The molecule has 0 aliphatic carbocycles. The predicted octanol–water partition coefficient (Wildman–Crippen LogP) is 0.709. The van der Waals surface area contributed by atoms with Crippen molar-refractivity contribution >= 4 is 0 Å². The summed E-state index contributed by atoms with van der Waals surface area (Å²) >= 11 is 0. The van der Waals surface area contributed by atoms with Gasteiger partial charge in [-0.1, -0.05) is 0 Å². The Kier molecular flexibility index (Phi) is 0.667. The highest BCUT2D eigenvalue weighted by Gasteiger charge is 2.34. The van der Waals surface area contributed by atoms with Crippen molar-refractivity contribution in [1.29, 1.82) is 0 Å². The first-order valence-electron chi connectivity index (χ1n) is 2.45. The van der Waals surface area contributed by atoms with Crippen LogP contribution in [0.2, 0.25) is 0 Å². The number of hydrogen-bond acceptors (Lipinski definition) is 1. The van der Waals surface area contributed by atoms with Crippen molar-refractivity contribution in [2.45, 2.75) is 25.9 Å². The lowest BCUT2D eigenvalue weighted by atomic mass is 10.4. The minimum Gasteiger partial charge on any atom is -0.298 e. The summed E-state index contributed by atoms with van der Waals surface area (Å²) in [5.41, 5.74) is 0. The van der Waals surface area contributed by atoms with Gasteiger partial charge in [0.05, 0.1) is 0 Å². The number of nitrogens with zero attached hydrogens (tertiary/aromatic N) is 1. The third kappa shape index (κ3) is 0.350. The molecule has 0 aromatic rings. The van der Waals surface area contributed by atoms with Gasteiger partial charge in [0.2, 0.25) is 0 Å². The van der Waals surface area contributed by atoms with E-state index in [1.54, 1.807) is 0 Å². The zero-order valence-corrected chi connectivity index (χ0v) is 4.60. The summed E-state index contributed by atoms with van der Waals surface area (Å²) in [6.45, 7) is 4.48. The lowest BCUT2D eigenvalue weighted by Crippen LogP contribution is -1.85. The van der Waals surface area contributed by atoms with Crippen molar-refractivity contribution in [2.75, 3.05) is 7.05 Å². The third-order valence-electron chi connectivity index (χ3n) is 1.89. The summed E-state index contributed by atoms with van der Waals surface area (Å²) in [5.74, 6) is 0. The Labute approximate surface area is 39.0 Å². The fraction of sp³-hybridized carbons (Fsp3) is 1.00. The lowest BCUT2D eigenvalue weighted by Gasteiger charge is -1.77. The Morgan fingerprint density at radius 1 is 1.17 bits per heavy atom. The van der Waals surface area contributed by atoms with E-state index >= 15 is 0 Å². The molecule has 0 N–H and O–H groups in total. The Balaban J connectivity index is 2.31. The number of hydrogen-bond donors (Lipinski definition) is 0. The smallest absolute Gasteiger partial charge is 0.0221 e. The summed E-state index contributed by atoms with van der Waals surface area (Å²) in [5, 5.41) is 0. The van der Waals surface area contributed by atoms with Gasteiger partial charge in [0.1, 0.15) is 0 Å². The molecule has 1 fully saturated rings. The van der Waals surface area contributed by atoms with Crippen molar-refractivity contribution in [3.05, 3.63) is 0 Å². The van der Waals surface area contributed by atoms with Crippen molar-refractivity contribution < 1.29 is 0 Å². The van der Waals surface area contributed by atoms with E-state index in [1.165, 1.54) is 0 Å². The molecule has 0 amide bonds. The van der Waals surface area contributed by atoms with Gasteiger partial charge in [0.25, 0.3) is 0 Å². The van der Waals surface area contributed by atoms with Crippen molar-refractivity contribution in [3.63, 3.8) is 0 Å². The first-order chi connectivity index (χ1) is 2.73. The summed E-state index contributed by atoms with van der Waals surface area (Å²) in [6.07, 6.45) is 0. The fourth-order valence-electron chi connectivity index (χ4n) is 0.686. The van der Waals surface area contributed by atoms with Crippen LogP contribution in [0.5, 0.6) is 0 Å².